The van der Waals surface area contributed by atoms with Crippen LogP contribution >= 0.6 is 0 Å². The van der Waals surface area contributed by atoms with E-state index in [9.17, 15) is 0 Å². The van der Waals surface area contributed by atoms with Gasteiger partial charge in [0.15, 0.2) is 0 Å². The van der Waals surface area contributed by atoms with Crippen molar-refractivity contribution in [1.29, 1.82) is 0 Å². The fourth-order valence-corrected chi connectivity index (χ4v) is 0.999. The molecule has 1 aliphatic carbocycles. The van der Waals surface area contributed by atoms with Crippen molar-refractivity contribution in [1.82, 2.24) is 0 Å². The SMILES string of the molecule is C.C.CC1=CCCCC1. The van der Waals surface area contributed by atoms with Gasteiger partial charge in [0.1, 0.15) is 0 Å². The van der Waals surface area contributed by atoms with Gasteiger partial charge in [-0.15, -0.1) is 0 Å². The lowest BCUT2D eigenvalue weighted by atomic mass is 10.0. The zero-order valence-electron chi connectivity index (χ0n) is 4.91. The van der Waals surface area contributed by atoms with Crippen molar-refractivity contribution in [3.05, 3.63) is 11.6 Å². The van der Waals surface area contributed by atoms with Crippen LogP contribution in [0.25, 0.3) is 0 Å². The number of rotatable bonds is 0. The van der Waals surface area contributed by atoms with Crippen molar-refractivity contribution in [2.75, 3.05) is 0 Å². The van der Waals surface area contributed by atoms with Crippen LogP contribution in [0.3, 0.4) is 0 Å². The Balaban J connectivity index is 0. The molecule has 0 fully saturated rings. The molecule has 0 saturated heterocycles. The summed E-state index contributed by atoms with van der Waals surface area (Å²) >= 11 is 0. The Hall–Kier alpha value is -0.260. The quantitative estimate of drug-likeness (QED) is 0.435. The second-order valence-electron chi connectivity index (χ2n) is 2.30. The van der Waals surface area contributed by atoms with E-state index < -0.39 is 0 Å². The minimum Gasteiger partial charge on any atom is -0.0856 e. The molecule has 0 amide bonds. The van der Waals surface area contributed by atoms with Gasteiger partial charge >= 0.3 is 0 Å². The molecule has 0 heteroatoms. The maximum atomic E-state index is 2.35. The second-order valence-corrected chi connectivity index (χ2v) is 2.30. The van der Waals surface area contributed by atoms with Gasteiger partial charge in [-0.25, -0.2) is 0 Å². The molecular formula is C9H20. The highest BCUT2D eigenvalue weighted by molar-refractivity contribution is 5.00. The monoisotopic (exact) mass is 128 g/mol. The maximum Gasteiger partial charge on any atom is -0.0323 e. The van der Waals surface area contributed by atoms with Gasteiger partial charge in [0, 0.05) is 0 Å². The van der Waals surface area contributed by atoms with Gasteiger partial charge < -0.3 is 0 Å². The minimum atomic E-state index is 0. The summed E-state index contributed by atoms with van der Waals surface area (Å²) < 4.78 is 0. The molecule has 0 aliphatic heterocycles. The lowest BCUT2D eigenvalue weighted by molar-refractivity contribution is 0.702. The molecule has 0 atom stereocenters. The highest BCUT2D eigenvalue weighted by atomic mass is 14.0. The molecule has 0 aromatic heterocycles. The van der Waals surface area contributed by atoms with Gasteiger partial charge in [-0.3, -0.25) is 0 Å². The summed E-state index contributed by atoms with van der Waals surface area (Å²) in [4.78, 5) is 0. The van der Waals surface area contributed by atoms with E-state index in [4.69, 9.17) is 0 Å². The lowest BCUT2D eigenvalue weighted by Crippen LogP contribution is -1.85. The summed E-state index contributed by atoms with van der Waals surface area (Å²) in [5, 5.41) is 0. The molecule has 0 bridgehead atoms. The zero-order chi connectivity index (χ0) is 5.11. The van der Waals surface area contributed by atoms with Gasteiger partial charge in [-0.1, -0.05) is 26.5 Å². The molecule has 0 aromatic rings. The third-order valence-corrected chi connectivity index (χ3v) is 1.52. The molecule has 0 unspecified atom stereocenters. The highest BCUT2D eigenvalue weighted by Gasteiger charge is 1.95. The molecule has 1 rings (SSSR count). The van der Waals surface area contributed by atoms with Crippen LogP contribution in [-0.2, 0) is 0 Å². The molecule has 0 nitrogen and oxygen atoms in total. The molecular weight excluding hydrogens is 108 g/mol. The molecule has 0 spiro atoms. The summed E-state index contributed by atoms with van der Waals surface area (Å²) in [7, 11) is 0. The lowest BCUT2D eigenvalue weighted by Gasteiger charge is -2.05. The van der Waals surface area contributed by atoms with Crippen molar-refractivity contribution < 1.29 is 0 Å². The fraction of sp³-hybridized carbons (Fsp3) is 0.778. The number of hydrogen-bond acceptors (Lipinski definition) is 0. The molecule has 56 valence electrons. The van der Waals surface area contributed by atoms with Crippen LogP contribution in [-0.4, -0.2) is 0 Å². The van der Waals surface area contributed by atoms with Gasteiger partial charge in [0.25, 0.3) is 0 Å². The van der Waals surface area contributed by atoms with Crippen LogP contribution in [0.5, 0.6) is 0 Å². The third kappa shape index (κ3) is 4.26. The van der Waals surface area contributed by atoms with E-state index >= 15 is 0 Å². The van der Waals surface area contributed by atoms with Crippen LogP contribution in [0.2, 0.25) is 0 Å². The number of allylic oxidation sites excluding steroid dienone is 2. The fourth-order valence-electron chi connectivity index (χ4n) is 0.999. The Morgan fingerprint density at radius 1 is 1.22 bits per heavy atom. The predicted molar refractivity (Wildman–Crippen MR) is 45.7 cm³/mol. The third-order valence-electron chi connectivity index (χ3n) is 1.52. The normalized spacial score (nSPS) is 16.8. The van der Waals surface area contributed by atoms with Crippen LogP contribution in [0.15, 0.2) is 11.6 Å². The van der Waals surface area contributed by atoms with Crippen molar-refractivity contribution in [2.45, 2.75) is 47.5 Å². The smallest absolute Gasteiger partial charge is 0.0323 e. The summed E-state index contributed by atoms with van der Waals surface area (Å²) in [6.07, 6.45) is 7.86. The molecule has 0 radical (unpaired) electrons. The van der Waals surface area contributed by atoms with E-state index in [2.05, 4.69) is 13.0 Å². The van der Waals surface area contributed by atoms with Gasteiger partial charge in [0.05, 0.1) is 0 Å². The predicted octanol–water partition coefficient (Wildman–Crippen LogP) is 3.78. The minimum absolute atomic E-state index is 0. The maximum absolute atomic E-state index is 2.35. The van der Waals surface area contributed by atoms with Gasteiger partial charge in [-0.05, 0) is 32.6 Å². The molecule has 0 heterocycles. The van der Waals surface area contributed by atoms with Crippen molar-refractivity contribution >= 4 is 0 Å². The molecule has 1 aliphatic rings. The largest absolute Gasteiger partial charge is 0.0856 e. The Morgan fingerprint density at radius 2 is 1.89 bits per heavy atom. The van der Waals surface area contributed by atoms with Gasteiger partial charge in [0.2, 0.25) is 0 Å². The Kier molecular flexibility index (Phi) is 7.52. The van der Waals surface area contributed by atoms with Crippen LogP contribution < -0.4 is 0 Å². The van der Waals surface area contributed by atoms with E-state index in [0.29, 0.717) is 0 Å². The van der Waals surface area contributed by atoms with Crippen LogP contribution in [0, 0.1) is 0 Å². The summed E-state index contributed by atoms with van der Waals surface area (Å²) in [5.41, 5.74) is 1.59. The second kappa shape index (κ2) is 5.87. The molecule has 0 saturated carbocycles. The number of hydrogen-bond donors (Lipinski definition) is 0. The van der Waals surface area contributed by atoms with E-state index in [1.807, 2.05) is 0 Å². The zero-order valence-corrected chi connectivity index (χ0v) is 4.91. The first kappa shape index (κ1) is 11.5. The van der Waals surface area contributed by atoms with E-state index in [1.165, 1.54) is 25.7 Å². The topological polar surface area (TPSA) is 0 Å². The summed E-state index contributed by atoms with van der Waals surface area (Å²) in [6, 6.07) is 0. The first-order valence-corrected chi connectivity index (χ1v) is 3.05. The Labute approximate surface area is 60.0 Å². The van der Waals surface area contributed by atoms with Crippen molar-refractivity contribution in [3.8, 4) is 0 Å². The highest BCUT2D eigenvalue weighted by Crippen LogP contribution is 2.15. The Bertz CT molecular complexity index is 80.0. The molecule has 0 N–H and O–H groups in total. The molecule has 9 heavy (non-hydrogen) atoms. The van der Waals surface area contributed by atoms with E-state index in [1.54, 1.807) is 5.57 Å². The van der Waals surface area contributed by atoms with Crippen LogP contribution in [0.1, 0.15) is 47.5 Å². The van der Waals surface area contributed by atoms with E-state index in [0.717, 1.165) is 0 Å². The van der Waals surface area contributed by atoms with Gasteiger partial charge in [-0.2, -0.15) is 0 Å². The average Bonchev–Trinajstić information content (AvgIpc) is 1.69. The first-order valence-electron chi connectivity index (χ1n) is 3.05. The van der Waals surface area contributed by atoms with Crippen molar-refractivity contribution in [3.63, 3.8) is 0 Å². The molecule has 0 aromatic carbocycles. The summed E-state index contributed by atoms with van der Waals surface area (Å²) in [6.45, 7) is 2.22. The van der Waals surface area contributed by atoms with Crippen molar-refractivity contribution in [2.24, 2.45) is 0 Å². The van der Waals surface area contributed by atoms with Crippen LogP contribution in [0.4, 0.5) is 0 Å². The average molecular weight is 128 g/mol. The summed E-state index contributed by atoms with van der Waals surface area (Å²) in [5.74, 6) is 0. The van der Waals surface area contributed by atoms with E-state index in [-0.39, 0.29) is 14.9 Å². The standard InChI is InChI=1S/C7H12.2CH4/c1-7-5-3-2-4-6-7;;/h5H,2-4,6H2,1H3;2*1H4. The Morgan fingerprint density at radius 3 is 2.11 bits per heavy atom. The first-order chi connectivity index (χ1) is 3.39.